The van der Waals surface area contributed by atoms with Crippen LogP contribution in [0.3, 0.4) is 0 Å². The summed E-state index contributed by atoms with van der Waals surface area (Å²) in [5, 5.41) is 0. The molecule has 2 N–H and O–H groups in total. The minimum Gasteiger partial charge on any atom is -0.469 e. The summed E-state index contributed by atoms with van der Waals surface area (Å²) in [6.45, 7) is 5.32. The minimum atomic E-state index is -0.575. The van der Waals surface area contributed by atoms with Crippen molar-refractivity contribution in [2.75, 3.05) is 7.11 Å². The summed E-state index contributed by atoms with van der Waals surface area (Å²) < 4.78 is 4.56. The van der Waals surface area contributed by atoms with Crippen LogP contribution >= 0.6 is 0 Å². The predicted molar refractivity (Wildman–Crippen MR) is 39.4 cm³/mol. The second-order valence-corrected chi connectivity index (χ2v) is 3.00. The van der Waals surface area contributed by atoms with Crippen LogP contribution in [0.2, 0.25) is 0 Å². The first-order valence-corrected chi connectivity index (χ1v) is 3.27. The molecule has 0 rings (SSSR count). The lowest BCUT2D eigenvalue weighted by atomic mass is 9.86. The zero-order valence-electron chi connectivity index (χ0n) is 6.97. The van der Waals surface area contributed by atoms with Crippen molar-refractivity contribution in [1.29, 1.82) is 0 Å². The Balaban J connectivity index is 4.24. The van der Waals surface area contributed by atoms with E-state index < -0.39 is 5.41 Å². The van der Waals surface area contributed by atoms with Gasteiger partial charge in [-0.15, -0.1) is 0 Å². The van der Waals surface area contributed by atoms with Crippen LogP contribution in [0.25, 0.3) is 0 Å². The van der Waals surface area contributed by atoms with Gasteiger partial charge in [-0.3, -0.25) is 4.79 Å². The smallest absolute Gasteiger partial charge is 0.312 e. The topological polar surface area (TPSA) is 52.3 Å². The normalized spacial score (nSPS) is 14.5. The second kappa shape index (κ2) is 3.01. The van der Waals surface area contributed by atoms with Gasteiger partial charge in [0.15, 0.2) is 0 Å². The van der Waals surface area contributed by atoms with Crippen molar-refractivity contribution < 1.29 is 9.53 Å². The molecule has 0 saturated carbocycles. The van der Waals surface area contributed by atoms with Crippen molar-refractivity contribution in [1.82, 2.24) is 0 Å². The van der Waals surface area contributed by atoms with Crippen LogP contribution in [0.4, 0.5) is 0 Å². The molecule has 0 amide bonds. The van der Waals surface area contributed by atoms with E-state index in [9.17, 15) is 4.79 Å². The van der Waals surface area contributed by atoms with E-state index in [1.54, 1.807) is 20.8 Å². The summed E-state index contributed by atoms with van der Waals surface area (Å²) in [7, 11) is 1.37. The van der Waals surface area contributed by atoms with Crippen LogP contribution < -0.4 is 5.73 Å². The highest BCUT2D eigenvalue weighted by Crippen LogP contribution is 2.19. The number of ether oxygens (including phenoxy) is 1. The molecular weight excluding hydrogens is 130 g/mol. The third-order valence-electron chi connectivity index (χ3n) is 1.85. The number of methoxy groups -OCH3 is 1. The predicted octanol–water partition coefficient (Wildman–Crippen LogP) is 0.533. The third-order valence-corrected chi connectivity index (χ3v) is 1.85. The highest BCUT2D eigenvalue weighted by molar-refractivity contribution is 5.76. The van der Waals surface area contributed by atoms with Gasteiger partial charge in [-0.1, -0.05) is 0 Å². The number of nitrogens with two attached hydrogens (primary N) is 1. The van der Waals surface area contributed by atoms with Crippen molar-refractivity contribution in [2.24, 2.45) is 11.1 Å². The molecule has 0 aromatic heterocycles. The fourth-order valence-corrected chi connectivity index (χ4v) is 0.449. The van der Waals surface area contributed by atoms with Gasteiger partial charge < -0.3 is 10.5 Å². The monoisotopic (exact) mass is 145 g/mol. The van der Waals surface area contributed by atoms with Gasteiger partial charge in [0.25, 0.3) is 0 Å². The summed E-state index contributed by atoms with van der Waals surface area (Å²) in [4.78, 5) is 11.0. The molecular formula is C7H15NO2. The van der Waals surface area contributed by atoms with E-state index in [4.69, 9.17) is 5.73 Å². The van der Waals surface area contributed by atoms with Crippen molar-refractivity contribution >= 4 is 5.97 Å². The molecule has 10 heavy (non-hydrogen) atoms. The van der Waals surface area contributed by atoms with Crippen molar-refractivity contribution in [3.63, 3.8) is 0 Å². The summed E-state index contributed by atoms with van der Waals surface area (Å²) >= 11 is 0. The van der Waals surface area contributed by atoms with Crippen LogP contribution in [0.1, 0.15) is 20.8 Å². The molecule has 0 aromatic carbocycles. The van der Waals surface area contributed by atoms with Crippen LogP contribution in [-0.2, 0) is 9.53 Å². The lowest BCUT2D eigenvalue weighted by molar-refractivity contribution is -0.151. The molecule has 0 aliphatic carbocycles. The molecule has 0 radical (unpaired) electrons. The maximum Gasteiger partial charge on any atom is 0.312 e. The SMILES string of the molecule is COC(=O)C(C)(C)[C@@H](C)N. The first-order valence-electron chi connectivity index (χ1n) is 3.27. The fourth-order valence-electron chi connectivity index (χ4n) is 0.449. The summed E-state index contributed by atoms with van der Waals surface area (Å²) in [5.74, 6) is -0.262. The summed E-state index contributed by atoms with van der Waals surface area (Å²) in [6.07, 6.45) is 0. The molecule has 0 aliphatic rings. The molecule has 0 bridgehead atoms. The molecule has 0 fully saturated rings. The first-order chi connectivity index (χ1) is 4.42. The second-order valence-electron chi connectivity index (χ2n) is 3.00. The average Bonchev–Trinajstić information content (AvgIpc) is 1.86. The third kappa shape index (κ3) is 1.70. The van der Waals surface area contributed by atoms with Gasteiger partial charge >= 0.3 is 5.97 Å². The number of carbonyl (C=O) groups excluding carboxylic acids is 1. The fraction of sp³-hybridized carbons (Fsp3) is 0.857. The lowest BCUT2D eigenvalue weighted by Gasteiger charge is -2.25. The van der Waals surface area contributed by atoms with Gasteiger partial charge in [0.05, 0.1) is 12.5 Å². The van der Waals surface area contributed by atoms with E-state index in [0.29, 0.717) is 0 Å². The maximum absolute atomic E-state index is 11.0. The van der Waals surface area contributed by atoms with E-state index >= 15 is 0 Å². The maximum atomic E-state index is 11.0. The molecule has 0 aliphatic heterocycles. The molecule has 0 aromatic rings. The van der Waals surface area contributed by atoms with Gasteiger partial charge in [-0.05, 0) is 20.8 Å². The van der Waals surface area contributed by atoms with Gasteiger partial charge in [-0.25, -0.2) is 0 Å². The summed E-state index contributed by atoms with van der Waals surface area (Å²) in [6, 6.07) is -0.181. The zero-order chi connectivity index (χ0) is 8.36. The Morgan fingerprint density at radius 2 is 2.00 bits per heavy atom. The molecule has 60 valence electrons. The highest BCUT2D eigenvalue weighted by atomic mass is 16.5. The van der Waals surface area contributed by atoms with Gasteiger partial charge in [0.2, 0.25) is 0 Å². The van der Waals surface area contributed by atoms with Crippen LogP contribution in [0.5, 0.6) is 0 Å². The highest BCUT2D eigenvalue weighted by Gasteiger charge is 2.32. The van der Waals surface area contributed by atoms with E-state index in [1.165, 1.54) is 7.11 Å². The van der Waals surface area contributed by atoms with E-state index in [-0.39, 0.29) is 12.0 Å². The number of hydrogen-bond acceptors (Lipinski definition) is 3. The van der Waals surface area contributed by atoms with Gasteiger partial charge in [-0.2, -0.15) is 0 Å². The Bertz CT molecular complexity index is 130. The molecule has 3 nitrogen and oxygen atoms in total. The van der Waals surface area contributed by atoms with E-state index in [2.05, 4.69) is 4.74 Å². The molecule has 1 atom stereocenters. The van der Waals surface area contributed by atoms with Crippen molar-refractivity contribution in [3.05, 3.63) is 0 Å². The largest absolute Gasteiger partial charge is 0.469 e. The number of esters is 1. The minimum absolute atomic E-state index is 0.181. The average molecular weight is 145 g/mol. The molecule has 0 saturated heterocycles. The molecule has 0 unspecified atom stereocenters. The standard InChI is InChI=1S/C7H15NO2/c1-5(8)7(2,3)6(9)10-4/h5H,8H2,1-4H3/t5-/m1/s1. The summed E-state index contributed by atoms with van der Waals surface area (Å²) in [5.41, 5.74) is 4.97. The van der Waals surface area contributed by atoms with Crippen molar-refractivity contribution in [2.45, 2.75) is 26.8 Å². The van der Waals surface area contributed by atoms with Crippen LogP contribution in [0, 0.1) is 5.41 Å². The quantitative estimate of drug-likeness (QED) is 0.577. The van der Waals surface area contributed by atoms with Crippen molar-refractivity contribution in [3.8, 4) is 0 Å². The van der Waals surface area contributed by atoms with E-state index in [1.807, 2.05) is 0 Å². The van der Waals surface area contributed by atoms with Crippen LogP contribution in [0.15, 0.2) is 0 Å². The first kappa shape index (κ1) is 9.43. The van der Waals surface area contributed by atoms with Gasteiger partial charge in [0, 0.05) is 6.04 Å². The molecule has 3 heteroatoms. The Hall–Kier alpha value is -0.570. The number of carbonyl (C=O) groups is 1. The Morgan fingerprint density at radius 1 is 1.60 bits per heavy atom. The number of hydrogen-bond donors (Lipinski definition) is 1. The molecule has 0 spiro atoms. The lowest BCUT2D eigenvalue weighted by Crippen LogP contribution is -2.41. The van der Waals surface area contributed by atoms with E-state index in [0.717, 1.165) is 0 Å². The number of rotatable bonds is 2. The Labute approximate surface area is 61.5 Å². The molecule has 0 heterocycles. The van der Waals surface area contributed by atoms with Crippen LogP contribution in [-0.4, -0.2) is 19.1 Å². The van der Waals surface area contributed by atoms with Gasteiger partial charge in [0.1, 0.15) is 0 Å². The zero-order valence-corrected chi connectivity index (χ0v) is 6.97. The Morgan fingerprint density at radius 3 is 2.10 bits per heavy atom. The Kier molecular flexibility index (Phi) is 2.84.